The molecule has 1 saturated heterocycles. The summed E-state index contributed by atoms with van der Waals surface area (Å²) < 4.78 is 26.1. The molecule has 0 aromatic rings. The van der Waals surface area contributed by atoms with E-state index in [9.17, 15) is 8.78 Å². The number of likely N-dealkylation sites (tertiary alicyclic amines) is 1. The zero-order valence-corrected chi connectivity index (χ0v) is 9.11. The minimum atomic E-state index is -2.55. The predicted octanol–water partition coefficient (Wildman–Crippen LogP) is 3.36. The van der Waals surface area contributed by atoms with Crippen LogP contribution in [0.1, 0.15) is 40.5 Å². The highest BCUT2D eigenvalue weighted by atomic mass is 19.3. The standard InChI is InChI=1S/C8H15F2N.C2H6/c1-3-11-5-4-7(2)6-8(11,9)10;1-2/h7H,3-6H2,1-2H3;1-2H3. The maximum atomic E-state index is 13.0. The Labute approximate surface area is 80.1 Å². The van der Waals surface area contributed by atoms with Gasteiger partial charge in [0.15, 0.2) is 0 Å². The normalized spacial score (nSPS) is 27.7. The molecule has 13 heavy (non-hydrogen) atoms. The van der Waals surface area contributed by atoms with E-state index < -0.39 is 6.05 Å². The van der Waals surface area contributed by atoms with Gasteiger partial charge in [-0.05, 0) is 12.3 Å². The van der Waals surface area contributed by atoms with Crippen LogP contribution in [0.2, 0.25) is 0 Å². The largest absolute Gasteiger partial charge is 0.305 e. The van der Waals surface area contributed by atoms with Gasteiger partial charge in [-0.15, -0.1) is 0 Å². The van der Waals surface area contributed by atoms with Gasteiger partial charge in [0.25, 0.3) is 0 Å². The van der Waals surface area contributed by atoms with Crippen molar-refractivity contribution in [2.24, 2.45) is 5.92 Å². The van der Waals surface area contributed by atoms with Crippen molar-refractivity contribution in [3.05, 3.63) is 0 Å². The highest BCUT2D eigenvalue weighted by Gasteiger charge is 2.40. The molecule has 0 aromatic heterocycles. The van der Waals surface area contributed by atoms with Crippen LogP contribution in [-0.2, 0) is 0 Å². The molecule has 3 heteroatoms. The first-order chi connectivity index (χ1) is 6.06. The first kappa shape index (κ1) is 12.8. The highest BCUT2D eigenvalue weighted by Crippen LogP contribution is 2.33. The van der Waals surface area contributed by atoms with Crippen LogP contribution in [0.15, 0.2) is 0 Å². The summed E-state index contributed by atoms with van der Waals surface area (Å²) in [4.78, 5) is 1.26. The first-order valence-corrected chi connectivity index (χ1v) is 5.19. The van der Waals surface area contributed by atoms with Crippen molar-refractivity contribution in [2.75, 3.05) is 13.1 Å². The quantitative estimate of drug-likeness (QED) is 0.577. The van der Waals surface area contributed by atoms with Gasteiger partial charge >= 0.3 is 6.05 Å². The number of rotatable bonds is 1. The van der Waals surface area contributed by atoms with Crippen LogP contribution in [0.5, 0.6) is 0 Å². The second-order valence-electron chi connectivity index (χ2n) is 3.34. The lowest BCUT2D eigenvalue weighted by atomic mass is 9.97. The molecule has 1 aliphatic rings. The van der Waals surface area contributed by atoms with E-state index >= 15 is 0 Å². The fourth-order valence-corrected chi connectivity index (χ4v) is 1.58. The summed E-state index contributed by atoms with van der Waals surface area (Å²) in [5.41, 5.74) is 0. The Hall–Kier alpha value is -0.180. The fourth-order valence-electron chi connectivity index (χ4n) is 1.58. The molecule has 0 aliphatic carbocycles. The molecular weight excluding hydrogens is 172 g/mol. The van der Waals surface area contributed by atoms with E-state index in [0.29, 0.717) is 13.1 Å². The summed E-state index contributed by atoms with van der Waals surface area (Å²) in [6.45, 7) is 8.68. The minimum absolute atomic E-state index is 0.0286. The van der Waals surface area contributed by atoms with E-state index in [2.05, 4.69) is 0 Å². The molecule has 0 amide bonds. The van der Waals surface area contributed by atoms with Gasteiger partial charge in [-0.3, -0.25) is 0 Å². The number of alkyl halides is 2. The van der Waals surface area contributed by atoms with Crippen LogP contribution in [0.3, 0.4) is 0 Å². The van der Waals surface area contributed by atoms with Gasteiger partial charge in [0.2, 0.25) is 0 Å². The van der Waals surface area contributed by atoms with Crippen LogP contribution in [-0.4, -0.2) is 24.0 Å². The molecule has 0 spiro atoms. The molecule has 1 rings (SSSR count). The van der Waals surface area contributed by atoms with Crippen molar-refractivity contribution >= 4 is 0 Å². The Morgan fingerprint density at radius 1 is 1.38 bits per heavy atom. The molecule has 1 aliphatic heterocycles. The summed E-state index contributed by atoms with van der Waals surface area (Å²) >= 11 is 0. The molecule has 80 valence electrons. The van der Waals surface area contributed by atoms with E-state index in [0.717, 1.165) is 6.42 Å². The highest BCUT2D eigenvalue weighted by molar-refractivity contribution is 4.77. The molecular formula is C10H21F2N. The van der Waals surface area contributed by atoms with Crippen molar-refractivity contribution < 1.29 is 8.78 Å². The summed E-state index contributed by atoms with van der Waals surface area (Å²) in [7, 11) is 0. The molecule has 0 aromatic carbocycles. The SMILES string of the molecule is CC.CCN1CCC(C)CC1(F)F. The third-order valence-corrected chi connectivity index (χ3v) is 2.33. The average Bonchev–Trinajstić information content (AvgIpc) is 2.06. The second-order valence-corrected chi connectivity index (χ2v) is 3.34. The Kier molecular flexibility index (Phi) is 5.45. The van der Waals surface area contributed by atoms with Gasteiger partial charge in [0.05, 0.1) is 0 Å². The van der Waals surface area contributed by atoms with E-state index in [1.54, 1.807) is 6.92 Å². The van der Waals surface area contributed by atoms with E-state index in [1.165, 1.54) is 4.90 Å². The van der Waals surface area contributed by atoms with Crippen molar-refractivity contribution in [1.29, 1.82) is 0 Å². The topological polar surface area (TPSA) is 3.24 Å². The molecule has 0 radical (unpaired) electrons. The number of hydrogen-bond donors (Lipinski definition) is 0. The van der Waals surface area contributed by atoms with Crippen LogP contribution in [0.4, 0.5) is 8.78 Å². The lowest BCUT2D eigenvalue weighted by Gasteiger charge is -2.37. The predicted molar refractivity (Wildman–Crippen MR) is 51.9 cm³/mol. The summed E-state index contributed by atoms with van der Waals surface area (Å²) in [5, 5.41) is 0. The van der Waals surface area contributed by atoms with Crippen LogP contribution >= 0.6 is 0 Å². The summed E-state index contributed by atoms with van der Waals surface area (Å²) in [5.74, 6) is 0.174. The Morgan fingerprint density at radius 2 is 1.92 bits per heavy atom. The van der Waals surface area contributed by atoms with E-state index in [-0.39, 0.29) is 12.3 Å². The van der Waals surface area contributed by atoms with Crippen molar-refractivity contribution in [3.63, 3.8) is 0 Å². The first-order valence-electron chi connectivity index (χ1n) is 5.19. The minimum Gasteiger partial charge on any atom is -0.245 e. The van der Waals surface area contributed by atoms with Crippen molar-refractivity contribution in [2.45, 2.75) is 46.6 Å². The van der Waals surface area contributed by atoms with Gasteiger partial charge < -0.3 is 0 Å². The summed E-state index contributed by atoms with van der Waals surface area (Å²) in [6.07, 6.45) is 0.935. The molecule has 0 bridgehead atoms. The zero-order chi connectivity index (χ0) is 10.5. The number of nitrogens with zero attached hydrogens (tertiary/aromatic N) is 1. The van der Waals surface area contributed by atoms with Crippen LogP contribution < -0.4 is 0 Å². The smallest absolute Gasteiger partial charge is 0.245 e. The number of halogens is 2. The van der Waals surface area contributed by atoms with Gasteiger partial charge in [0, 0.05) is 19.5 Å². The Bertz CT molecular complexity index is 137. The van der Waals surface area contributed by atoms with Gasteiger partial charge in [0.1, 0.15) is 0 Å². The van der Waals surface area contributed by atoms with E-state index in [4.69, 9.17) is 0 Å². The third kappa shape index (κ3) is 3.59. The molecule has 0 saturated carbocycles. The molecule has 1 nitrogen and oxygen atoms in total. The fraction of sp³-hybridized carbons (Fsp3) is 1.00. The van der Waals surface area contributed by atoms with Gasteiger partial charge in [-0.1, -0.05) is 27.7 Å². The molecule has 1 atom stereocenters. The maximum absolute atomic E-state index is 13.0. The lowest BCUT2D eigenvalue weighted by Crippen LogP contribution is -2.47. The number of hydrogen-bond acceptors (Lipinski definition) is 1. The van der Waals surface area contributed by atoms with Crippen LogP contribution in [0, 0.1) is 5.92 Å². The average molecular weight is 193 g/mol. The zero-order valence-electron chi connectivity index (χ0n) is 9.11. The lowest BCUT2D eigenvalue weighted by molar-refractivity contribution is -0.176. The van der Waals surface area contributed by atoms with Crippen molar-refractivity contribution in [1.82, 2.24) is 4.90 Å². The van der Waals surface area contributed by atoms with Crippen LogP contribution in [0.25, 0.3) is 0 Å². The Morgan fingerprint density at radius 3 is 2.31 bits per heavy atom. The van der Waals surface area contributed by atoms with E-state index in [1.807, 2.05) is 20.8 Å². The molecule has 1 heterocycles. The maximum Gasteiger partial charge on any atom is 0.305 e. The monoisotopic (exact) mass is 193 g/mol. The molecule has 1 unspecified atom stereocenters. The van der Waals surface area contributed by atoms with Gasteiger partial charge in [-0.2, -0.15) is 8.78 Å². The Balaban J connectivity index is 0.000000671. The summed E-state index contributed by atoms with van der Waals surface area (Å²) in [6, 6.07) is -2.55. The number of piperidine rings is 1. The molecule has 1 fully saturated rings. The second kappa shape index (κ2) is 5.53. The van der Waals surface area contributed by atoms with Gasteiger partial charge in [-0.25, -0.2) is 4.90 Å². The van der Waals surface area contributed by atoms with Crippen molar-refractivity contribution in [3.8, 4) is 0 Å². The third-order valence-electron chi connectivity index (χ3n) is 2.33. The molecule has 0 N–H and O–H groups in total.